The summed E-state index contributed by atoms with van der Waals surface area (Å²) in [6, 6.07) is 10.7. The molecule has 2 unspecified atom stereocenters. The van der Waals surface area contributed by atoms with Crippen LogP contribution in [0.3, 0.4) is 0 Å². The van der Waals surface area contributed by atoms with Crippen LogP contribution in [0, 0.1) is 5.41 Å². The van der Waals surface area contributed by atoms with Gasteiger partial charge in [-0.05, 0) is 25.5 Å². The van der Waals surface area contributed by atoms with Crippen molar-refractivity contribution in [1.82, 2.24) is 14.6 Å². The summed E-state index contributed by atoms with van der Waals surface area (Å²) in [4.78, 5) is 28.0. The number of carbonyl (C=O) groups excluding carboxylic acids is 1. The van der Waals surface area contributed by atoms with E-state index in [0.717, 1.165) is 17.3 Å². The lowest BCUT2D eigenvalue weighted by Crippen LogP contribution is -2.29. The smallest absolute Gasteiger partial charge is 0.395 e. The Labute approximate surface area is 219 Å². The molecule has 1 aromatic heterocycles. The molecule has 0 saturated carbocycles. The number of aliphatic hydroxyl groups is 2. The first-order valence-electron chi connectivity index (χ1n) is 11.7. The van der Waals surface area contributed by atoms with E-state index in [-0.39, 0.29) is 49.5 Å². The van der Waals surface area contributed by atoms with Gasteiger partial charge in [0.2, 0.25) is 0 Å². The molecule has 0 aliphatic carbocycles. The average molecular weight is 557 g/mol. The summed E-state index contributed by atoms with van der Waals surface area (Å²) in [7, 11) is -3.89. The second-order valence-corrected chi connectivity index (χ2v) is 12.0. The van der Waals surface area contributed by atoms with E-state index in [2.05, 4.69) is 10.1 Å². The lowest BCUT2D eigenvalue weighted by Gasteiger charge is -2.23. The number of aromatic nitrogens is 2. The molecule has 5 N–H and O–H groups in total. The Kier molecular flexibility index (Phi) is 10.4. The van der Waals surface area contributed by atoms with Gasteiger partial charge in [0.25, 0.3) is 0 Å². The highest BCUT2D eigenvalue weighted by Gasteiger charge is 2.38. The van der Waals surface area contributed by atoms with Crippen molar-refractivity contribution in [3.63, 3.8) is 0 Å². The largest absolute Gasteiger partial charge is 0.405 e. The maximum absolute atomic E-state index is 13.5. The highest BCUT2D eigenvalue weighted by molar-refractivity contribution is 8.13. The maximum Gasteiger partial charge on any atom is 0.405 e. The van der Waals surface area contributed by atoms with Gasteiger partial charge in [0.05, 0.1) is 31.3 Å². The quantitative estimate of drug-likeness (QED) is 0.208. The SMILES string of the molecule is CC(C)(CO)C(=O)SCCOP(=O)(NCc1ccccc1)OC[C@@H]1O[C@H](n2ccc(N)nc2=O)CC1O. The van der Waals surface area contributed by atoms with E-state index in [4.69, 9.17) is 19.5 Å². The Balaban J connectivity index is 1.60. The lowest BCUT2D eigenvalue weighted by molar-refractivity contribution is -0.119. The first-order valence-corrected chi connectivity index (χ1v) is 14.2. The van der Waals surface area contributed by atoms with Gasteiger partial charge in [0, 0.05) is 24.9 Å². The van der Waals surface area contributed by atoms with Crippen molar-refractivity contribution in [2.45, 2.75) is 45.2 Å². The zero-order chi connectivity index (χ0) is 27.1. The first kappa shape index (κ1) is 29.5. The number of nitrogens with zero attached hydrogens (tertiary/aromatic N) is 2. The molecule has 0 radical (unpaired) electrons. The van der Waals surface area contributed by atoms with Crippen LogP contribution >= 0.6 is 19.5 Å². The third-order valence-corrected chi connectivity index (χ3v) is 8.36. The van der Waals surface area contributed by atoms with Gasteiger partial charge in [0.15, 0.2) is 5.12 Å². The number of carbonyl (C=O) groups is 1. The molecule has 4 atom stereocenters. The van der Waals surface area contributed by atoms with Crippen LogP contribution in [-0.4, -0.2) is 62.7 Å². The minimum atomic E-state index is -3.89. The van der Waals surface area contributed by atoms with Crippen LogP contribution in [0.5, 0.6) is 0 Å². The molecule has 204 valence electrons. The molecular formula is C23H33N4O8PS. The highest BCUT2D eigenvalue weighted by Crippen LogP contribution is 2.45. The molecule has 0 spiro atoms. The molecule has 1 aromatic carbocycles. The fourth-order valence-electron chi connectivity index (χ4n) is 3.32. The topological polar surface area (TPSA) is 175 Å². The van der Waals surface area contributed by atoms with Crippen molar-refractivity contribution < 1.29 is 33.4 Å². The third-order valence-electron chi connectivity index (χ3n) is 5.62. The lowest BCUT2D eigenvalue weighted by atomic mass is 9.97. The number of anilines is 1. The Morgan fingerprint density at radius 3 is 2.73 bits per heavy atom. The van der Waals surface area contributed by atoms with Crippen LogP contribution in [-0.2, 0) is 29.7 Å². The van der Waals surface area contributed by atoms with E-state index in [0.29, 0.717) is 0 Å². The van der Waals surface area contributed by atoms with E-state index >= 15 is 0 Å². The summed E-state index contributed by atoms with van der Waals surface area (Å²) in [5.41, 5.74) is 4.85. The van der Waals surface area contributed by atoms with Crippen molar-refractivity contribution in [3.8, 4) is 0 Å². The van der Waals surface area contributed by atoms with Gasteiger partial charge >= 0.3 is 13.4 Å². The summed E-state index contributed by atoms with van der Waals surface area (Å²) in [6.45, 7) is 2.81. The minimum Gasteiger partial charge on any atom is -0.395 e. The Bertz CT molecular complexity index is 1150. The number of hydrogen-bond donors (Lipinski definition) is 4. The minimum absolute atomic E-state index is 0.0693. The van der Waals surface area contributed by atoms with E-state index in [1.54, 1.807) is 13.8 Å². The molecule has 1 fully saturated rings. The van der Waals surface area contributed by atoms with Gasteiger partial charge in [-0.1, -0.05) is 42.1 Å². The Morgan fingerprint density at radius 2 is 2.05 bits per heavy atom. The number of nitrogens with one attached hydrogen (secondary N) is 1. The first-order chi connectivity index (χ1) is 17.5. The summed E-state index contributed by atoms with van der Waals surface area (Å²) < 4.78 is 31.6. The average Bonchev–Trinajstić information content (AvgIpc) is 3.24. The van der Waals surface area contributed by atoms with Gasteiger partial charge in [-0.3, -0.25) is 18.4 Å². The van der Waals surface area contributed by atoms with E-state index in [1.165, 1.54) is 16.8 Å². The van der Waals surface area contributed by atoms with Crippen molar-refractivity contribution in [2.24, 2.45) is 5.41 Å². The maximum atomic E-state index is 13.5. The Morgan fingerprint density at radius 1 is 1.32 bits per heavy atom. The number of benzene rings is 1. The van der Waals surface area contributed by atoms with Crippen molar-refractivity contribution in [1.29, 1.82) is 0 Å². The second-order valence-electron chi connectivity index (χ2n) is 9.10. The number of nitrogens with two attached hydrogens (primary N) is 1. The molecule has 2 heterocycles. The molecule has 1 saturated heterocycles. The van der Waals surface area contributed by atoms with Crippen molar-refractivity contribution in [3.05, 3.63) is 58.6 Å². The van der Waals surface area contributed by atoms with Crippen LogP contribution in [0.2, 0.25) is 0 Å². The van der Waals surface area contributed by atoms with Crippen molar-refractivity contribution in [2.75, 3.05) is 31.3 Å². The van der Waals surface area contributed by atoms with Gasteiger partial charge in [-0.2, -0.15) is 4.98 Å². The van der Waals surface area contributed by atoms with Crippen LogP contribution in [0.15, 0.2) is 47.4 Å². The molecule has 37 heavy (non-hydrogen) atoms. The van der Waals surface area contributed by atoms with Gasteiger partial charge in [-0.15, -0.1) is 0 Å². The summed E-state index contributed by atoms with van der Waals surface area (Å²) in [6.07, 6.45) is -1.14. The van der Waals surface area contributed by atoms with Gasteiger partial charge < -0.3 is 20.7 Å². The van der Waals surface area contributed by atoms with Gasteiger partial charge in [0.1, 0.15) is 18.1 Å². The second kappa shape index (κ2) is 13.1. The molecular weight excluding hydrogens is 523 g/mol. The summed E-state index contributed by atoms with van der Waals surface area (Å²) in [5, 5.41) is 22.4. The number of ether oxygens (including phenoxy) is 1. The molecule has 0 bridgehead atoms. The fraction of sp³-hybridized carbons (Fsp3) is 0.522. The third kappa shape index (κ3) is 8.45. The van der Waals surface area contributed by atoms with Crippen LogP contribution in [0.4, 0.5) is 5.82 Å². The fourth-order valence-corrected chi connectivity index (χ4v) is 5.56. The molecule has 2 aromatic rings. The standard InChI is InChI=1S/C23H33N4O8PS/c1-23(2,15-28)21(30)37-11-10-33-36(32,25-13-16-6-4-3-5-7-16)34-14-18-17(29)12-20(35-18)27-9-8-19(24)26-22(27)31/h3-9,17-18,20,28-29H,10-15H2,1-2H3,(H,25,32)(H2,24,26,31)/t17?,18-,20-,36?/m0/s1. The highest BCUT2D eigenvalue weighted by atomic mass is 32.2. The molecule has 0 amide bonds. The van der Waals surface area contributed by atoms with Crippen LogP contribution < -0.4 is 16.5 Å². The van der Waals surface area contributed by atoms with Gasteiger partial charge in [-0.25, -0.2) is 14.4 Å². The molecule has 1 aliphatic heterocycles. The Hall–Kier alpha value is -2.09. The molecule has 12 nitrogen and oxygen atoms in total. The monoisotopic (exact) mass is 556 g/mol. The normalized spacial score (nSPS) is 21.6. The molecule has 1 aliphatic rings. The van der Waals surface area contributed by atoms with E-state index in [9.17, 15) is 24.4 Å². The van der Waals surface area contributed by atoms with Crippen LogP contribution in [0.1, 0.15) is 32.1 Å². The molecule has 14 heteroatoms. The number of thioether (sulfide) groups is 1. The summed E-state index contributed by atoms with van der Waals surface area (Å²) in [5.74, 6) is 0.266. The van der Waals surface area contributed by atoms with Crippen molar-refractivity contribution >= 4 is 30.4 Å². The number of rotatable bonds is 13. The predicted octanol–water partition coefficient (Wildman–Crippen LogP) is 1.68. The van der Waals surface area contributed by atoms with E-state index in [1.807, 2.05) is 30.3 Å². The zero-order valence-electron chi connectivity index (χ0n) is 20.7. The van der Waals surface area contributed by atoms with E-state index < -0.39 is 37.3 Å². The molecule has 3 rings (SSSR count). The predicted molar refractivity (Wildman–Crippen MR) is 139 cm³/mol. The number of aliphatic hydroxyl groups excluding tert-OH is 2. The number of hydrogen-bond acceptors (Lipinski definition) is 11. The number of nitrogen functional groups attached to an aromatic ring is 1. The zero-order valence-corrected chi connectivity index (χ0v) is 22.4. The van der Waals surface area contributed by atoms with Crippen LogP contribution in [0.25, 0.3) is 0 Å². The summed E-state index contributed by atoms with van der Waals surface area (Å²) >= 11 is 0.967.